The topological polar surface area (TPSA) is 62.7 Å². The van der Waals surface area contributed by atoms with Gasteiger partial charge in [0.1, 0.15) is 0 Å². The average Bonchev–Trinajstić information content (AvgIpc) is 2.99. The largest absolute Gasteiger partial charge is 0.399 e. The van der Waals surface area contributed by atoms with Gasteiger partial charge in [0, 0.05) is 38.1 Å². The van der Waals surface area contributed by atoms with E-state index in [0.717, 1.165) is 49.9 Å². The van der Waals surface area contributed by atoms with E-state index in [1.807, 2.05) is 28.9 Å². The van der Waals surface area contributed by atoms with E-state index in [-0.39, 0.29) is 0 Å². The molecule has 124 valence electrons. The lowest BCUT2D eigenvalue weighted by Gasteiger charge is -2.31. The Morgan fingerprint density at radius 3 is 2.62 bits per heavy atom. The summed E-state index contributed by atoms with van der Waals surface area (Å²) in [5, 5.41) is 4.62. The molecule has 1 saturated heterocycles. The lowest BCUT2D eigenvalue weighted by atomic mass is 10.1. The lowest BCUT2D eigenvalue weighted by molar-refractivity contribution is 0.311. The van der Waals surface area contributed by atoms with Gasteiger partial charge in [0.15, 0.2) is 5.65 Å². The van der Waals surface area contributed by atoms with Crippen LogP contribution in [0.3, 0.4) is 0 Å². The van der Waals surface area contributed by atoms with Crippen LogP contribution in [0.1, 0.15) is 11.1 Å². The molecule has 2 N–H and O–H groups in total. The zero-order valence-corrected chi connectivity index (χ0v) is 13.9. The molecule has 6 heteroatoms. The maximum atomic E-state index is 5.86. The van der Waals surface area contributed by atoms with Crippen LogP contribution >= 0.6 is 0 Å². The van der Waals surface area contributed by atoms with Crippen LogP contribution in [-0.2, 0) is 6.42 Å². The number of fused-ring (bicyclic) bond motifs is 1. The number of hydrogen-bond acceptors (Lipinski definition) is 5. The van der Waals surface area contributed by atoms with Crippen LogP contribution in [0.15, 0.2) is 42.6 Å². The van der Waals surface area contributed by atoms with Gasteiger partial charge in [-0.05, 0) is 48.9 Å². The molecule has 6 nitrogen and oxygen atoms in total. The van der Waals surface area contributed by atoms with Crippen LogP contribution in [0.4, 0.5) is 11.6 Å². The molecule has 4 rings (SSSR count). The SMILES string of the molecule is CN1CCN(c2nc3cc(Cc4cccc(N)c4)ccn3n2)CC1. The Morgan fingerprint density at radius 1 is 1.04 bits per heavy atom. The second-order valence-corrected chi connectivity index (χ2v) is 6.46. The van der Waals surface area contributed by atoms with Crippen molar-refractivity contribution < 1.29 is 0 Å². The number of benzene rings is 1. The number of pyridine rings is 1. The summed E-state index contributed by atoms with van der Waals surface area (Å²) >= 11 is 0. The number of aromatic nitrogens is 3. The quantitative estimate of drug-likeness (QED) is 0.743. The second-order valence-electron chi connectivity index (χ2n) is 6.46. The molecule has 2 aromatic heterocycles. The monoisotopic (exact) mass is 322 g/mol. The van der Waals surface area contributed by atoms with E-state index in [0.29, 0.717) is 0 Å². The summed E-state index contributed by atoms with van der Waals surface area (Å²) in [7, 11) is 2.15. The highest BCUT2D eigenvalue weighted by Crippen LogP contribution is 2.17. The van der Waals surface area contributed by atoms with Gasteiger partial charge in [0.05, 0.1) is 0 Å². The summed E-state index contributed by atoms with van der Waals surface area (Å²) < 4.78 is 1.86. The minimum atomic E-state index is 0.799. The smallest absolute Gasteiger partial charge is 0.245 e. The van der Waals surface area contributed by atoms with Crippen LogP contribution in [0, 0.1) is 0 Å². The Kier molecular flexibility index (Phi) is 3.82. The van der Waals surface area contributed by atoms with Crippen molar-refractivity contribution in [1.82, 2.24) is 19.5 Å². The van der Waals surface area contributed by atoms with Crippen molar-refractivity contribution in [1.29, 1.82) is 0 Å². The number of hydrogen-bond donors (Lipinski definition) is 1. The van der Waals surface area contributed by atoms with Crippen molar-refractivity contribution in [3.63, 3.8) is 0 Å². The number of piperazine rings is 1. The number of nitrogen functional groups attached to an aromatic ring is 1. The van der Waals surface area contributed by atoms with Gasteiger partial charge in [-0.3, -0.25) is 0 Å². The molecule has 0 unspecified atom stereocenters. The number of likely N-dealkylation sites (N-methyl/N-ethyl adjacent to an activating group) is 1. The van der Waals surface area contributed by atoms with E-state index in [4.69, 9.17) is 10.7 Å². The molecule has 0 aliphatic carbocycles. The predicted molar refractivity (Wildman–Crippen MR) is 96.4 cm³/mol. The fourth-order valence-electron chi connectivity index (χ4n) is 3.10. The van der Waals surface area contributed by atoms with Crippen LogP contribution in [0.25, 0.3) is 5.65 Å². The van der Waals surface area contributed by atoms with Gasteiger partial charge >= 0.3 is 0 Å². The predicted octanol–water partition coefficient (Wildman–Crippen LogP) is 1.65. The van der Waals surface area contributed by atoms with Crippen molar-refractivity contribution in [2.45, 2.75) is 6.42 Å². The number of rotatable bonds is 3. The maximum absolute atomic E-state index is 5.86. The third-order valence-corrected chi connectivity index (χ3v) is 4.54. The first kappa shape index (κ1) is 15.0. The number of anilines is 2. The summed E-state index contributed by atoms with van der Waals surface area (Å²) in [6.07, 6.45) is 2.84. The van der Waals surface area contributed by atoms with Crippen molar-refractivity contribution in [3.8, 4) is 0 Å². The zero-order valence-electron chi connectivity index (χ0n) is 13.9. The third kappa shape index (κ3) is 3.05. The van der Waals surface area contributed by atoms with Crippen LogP contribution in [0.5, 0.6) is 0 Å². The van der Waals surface area contributed by atoms with Gasteiger partial charge in [-0.1, -0.05) is 12.1 Å². The highest BCUT2D eigenvalue weighted by molar-refractivity contribution is 5.48. The molecule has 3 heterocycles. The zero-order chi connectivity index (χ0) is 16.5. The van der Waals surface area contributed by atoms with Gasteiger partial charge in [-0.2, -0.15) is 4.98 Å². The standard InChI is InChI=1S/C18H22N6/c1-22-7-9-23(10-8-22)18-20-17-13-15(5-6-24(17)21-18)11-14-3-2-4-16(19)12-14/h2-6,12-13H,7-11,19H2,1H3. The molecule has 1 fully saturated rings. The molecule has 1 aliphatic heterocycles. The fraction of sp³-hybridized carbons (Fsp3) is 0.333. The van der Waals surface area contributed by atoms with Crippen molar-refractivity contribution in [2.24, 2.45) is 0 Å². The second kappa shape index (κ2) is 6.13. The Bertz CT molecular complexity index is 848. The van der Waals surface area contributed by atoms with E-state index in [2.05, 4.69) is 40.1 Å². The molecule has 24 heavy (non-hydrogen) atoms. The molecule has 0 amide bonds. The highest BCUT2D eigenvalue weighted by Gasteiger charge is 2.18. The van der Waals surface area contributed by atoms with Crippen LogP contribution < -0.4 is 10.6 Å². The summed E-state index contributed by atoms with van der Waals surface area (Å²) in [5.74, 6) is 0.823. The van der Waals surface area contributed by atoms with Gasteiger partial charge < -0.3 is 15.5 Å². The molecule has 1 aromatic carbocycles. The highest BCUT2D eigenvalue weighted by atomic mass is 15.4. The van der Waals surface area contributed by atoms with Crippen molar-refractivity contribution >= 4 is 17.3 Å². The first-order chi connectivity index (χ1) is 11.7. The number of nitrogens with two attached hydrogens (primary N) is 1. The first-order valence-electron chi connectivity index (χ1n) is 8.30. The molecule has 3 aromatic rings. The summed E-state index contributed by atoms with van der Waals surface area (Å²) in [5.41, 5.74) is 9.98. The van der Waals surface area contributed by atoms with Gasteiger partial charge in [0.25, 0.3) is 0 Å². The molecule has 0 radical (unpaired) electrons. The molecular weight excluding hydrogens is 300 g/mol. The Balaban J connectivity index is 1.57. The van der Waals surface area contributed by atoms with Gasteiger partial charge in [-0.25, -0.2) is 4.52 Å². The molecule has 0 atom stereocenters. The summed E-state index contributed by atoms with van der Waals surface area (Å²) in [6.45, 7) is 4.06. The normalized spacial score (nSPS) is 16.0. The maximum Gasteiger partial charge on any atom is 0.245 e. The minimum absolute atomic E-state index is 0.799. The average molecular weight is 322 g/mol. The lowest BCUT2D eigenvalue weighted by Crippen LogP contribution is -2.44. The molecule has 0 saturated carbocycles. The summed E-state index contributed by atoms with van der Waals surface area (Å²) in [4.78, 5) is 9.30. The van der Waals surface area contributed by atoms with E-state index in [1.165, 1.54) is 11.1 Å². The van der Waals surface area contributed by atoms with Crippen LogP contribution in [-0.4, -0.2) is 52.7 Å². The van der Waals surface area contributed by atoms with E-state index in [1.54, 1.807) is 0 Å². The third-order valence-electron chi connectivity index (χ3n) is 4.54. The molecule has 0 bridgehead atoms. The van der Waals surface area contributed by atoms with Crippen LogP contribution in [0.2, 0.25) is 0 Å². The Morgan fingerprint density at radius 2 is 1.83 bits per heavy atom. The Hall–Kier alpha value is -2.60. The first-order valence-corrected chi connectivity index (χ1v) is 8.30. The van der Waals surface area contributed by atoms with Gasteiger partial charge in [0.2, 0.25) is 5.95 Å². The van der Waals surface area contributed by atoms with Crippen molar-refractivity contribution in [3.05, 3.63) is 53.7 Å². The molecule has 1 aliphatic rings. The van der Waals surface area contributed by atoms with E-state index in [9.17, 15) is 0 Å². The molecule has 0 spiro atoms. The van der Waals surface area contributed by atoms with Crippen molar-refractivity contribution in [2.75, 3.05) is 43.9 Å². The minimum Gasteiger partial charge on any atom is -0.399 e. The number of nitrogens with zero attached hydrogens (tertiary/aromatic N) is 5. The summed E-state index contributed by atoms with van der Waals surface area (Å²) in [6, 6.07) is 12.2. The fourth-order valence-corrected chi connectivity index (χ4v) is 3.10. The van der Waals surface area contributed by atoms with Gasteiger partial charge in [-0.15, -0.1) is 5.10 Å². The Labute approximate surface area is 141 Å². The molecular formula is C18H22N6. The van der Waals surface area contributed by atoms with E-state index < -0.39 is 0 Å². The van der Waals surface area contributed by atoms with E-state index >= 15 is 0 Å².